The molecule has 2 aliphatic carbocycles. The van der Waals surface area contributed by atoms with Gasteiger partial charge in [0.15, 0.2) is 57.6 Å². The van der Waals surface area contributed by atoms with Crippen LogP contribution in [0.3, 0.4) is 0 Å². The number of hydrogen-bond acceptors (Lipinski definition) is 18. The van der Waals surface area contributed by atoms with Crippen molar-refractivity contribution in [3.63, 3.8) is 0 Å². The Bertz CT molecular complexity index is 3340. The molecule has 18 heteroatoms. The van der Waals surface area contributed by atoms with E-state index < -0.39 is 11.9 Å². The Morgan fingerprint density at radius 2 is 0.663 bits per heavy atom. The van der Waals surface area contributed by atoms with Crippen molar-refractivity contribution in [3.8, 4) is 46.0 Å². The van der Waals surface area contributed by atoms with Gasteiger partial charge >= 0.3 is 23.9 Å². The summed E-state index contributed by atoms with van der Waals surface area (Å²) in [6.45, 7) is 15.6. The van der Waals surface area contributed by atoms with Gasteiger partial charge in [-0.1, -0.05) is 114 Å². The number of methoxy groups -OCH3 is 4. The highest BCUT2D eigenvalue weighted by Crippen LogP contribution is 2.35. The second-order valence-corrected chi connectivity index (χ2v) is 25.5. The fourth-order valence-electron chi connectivity index (χ4n) is 11.4. The van der Waals surface area contributed by atoms with E-state index in [2.05, 4.69) is 20.1 Å². The third-order valence-electron chi connectivity index (χ3n) is 17.5. The number of allylic oxidation sites excluding steroid dienone is 2. The molecular weight excluding hydrogens is 1280 g/mol. The highest BCUT2D eigenvalue weighted by atomic mass is 16.6. The van der Waals surface area contributed by atoms with Crippen LogP contribution in [0.4, 0.5) is 0 Å². The van der Waals surface area contributed by atoms with Crippen molar-refractivity contribution < 1.29 is 85.6 Å². The molecule has 4 aromatic carbocycles. The Morgan fingerprint density at radius 1 is 0.366 bits per heavy atom. The van der Waals surface area contributed by atoms with Crippen molar-refractivity contribution in [2.75, 3.05) is 81.3 Å². The van der Waals surface area contributed by atoms with Gasteiger partial charge in [0.1, 0.15) is 0 Å². The van der Waals surface area contributed by atoms with Crippen molar-refractivity contribution in [1.29, 1.82) is 0 Å². The van der Waals surface area contributed by atoms with E-state index in [1.54, 1.807) is 78.7 Å². The van der Waals surface area contributed by atoms with Crippen LogP contribution in [0.1, 0.15) is 191 Å². The minimum atomic E-state index is -0.458. The standard InChI is InChI=1S/C43H58O9.C40H52O9/c1-6-33-12-14-34(15-13-33)16-21-37(44)22-17-35-18-23-39(40(30-35)47-4)50-28-11-29-51-42(45)25-20-36-19-24-38(41(31-36)48-5)49-26-9-7-8-10-27-52-43(46)32(2)3;1-30(2)40(43)49-25-10-6-5-9-24-46-35-22-17-33(29-38(35)45-4)18-23-39(42)48-27-11-26-47-36-21-16-32(28-37(36)44-3)15-20-34(41)19-14-31-12-7-8-13-31/h17-20,22-25,30-31,33-34H,2,6-16,21,26-29H2,1,3-5H3;15-18,20-23,28-29,31H,1,5-14,19,24-27H2,2-4H3/b22-17+,25-20+;20-15+,23-18+. The van der Waals surface area contributed by atoms with Crippen LogP contribution in [0.5, 0.6) is 46.0 Å². The SMILES string of the molecule is C=C(C)C(=O)OCCCCCCOc1ccc(/C=C/C(=O)OCCCOc2ccc(/C=C/C(=O)CCC3CCC(CC)CC3)cc2OC)cc1OC.C=C(C)C(=O)OCCCCCCOc1ccc(/C=C/C(=O)OCCCOc2ccc(/C=C/C(=O)CCC3CCCC3)cc2OC)cc1OC. The first-order valence-corrected chi connectivity index (χ1v) is 36.0. The largest absolute Gasteiger partial charge is 0.493 e. The topological polar surface area (TPSA) is 213 Å². The van der Waals surface area contributed by atoms with Gasteiger partial charge in [-0.15, -0.1) is 0 Å². The van der Waals surface area contributed by atoms with E-state index in [1.165, 1.54) is 69.9 Å². The van der Waals surface area contributed by atoms with E-state index in [0.29, 0.717) is 134 Å². The third kappa shape index (κ3) is 33.8. The second kappa shape index (κ2) is 48.7. The summed E-state index contributed by atoms with van der Waals surface area (Å²) in [5.41, 5.74) is 4.09. The summed E-state index contributed by atoms with van der Waals surface area (Å²) in [6.07, 6.45) is 35.7. The lowest BCUT2D eigenvalue weighted by atomic mass is 9.79. The molecule has 0 aromatic heterocycles. The summed E-state index contributed by atoms with van der Waals surface area (Å²) in [7, 11) is 6.30. The van der Waals surface area contributed by atoms with Crippen LogP contribution in [0.2, 0.25) is 0 Å². The van der Waals surface area contributed by atoms with Crippen molar-refractivity contribution in [3.05, 3.63) is 144 Å². The smallest absolute Gasteiger partial charge is 0.333 e. The molecule has 0 bridgehead atoms. The summed E-state index contributed by atoms with van der Waals surface area (Å²) in [4.78, 5) is 72.1. The van der Waals surface area contributed by atoms with Gasteiger partial charge in [0.2, 0.25) is 0 Å². The summed E-state index contributed by atoms with van der Waals surface area (Å²) in [5, 5.41) is 0. The van der Waals surface area contributed by atoms with Gasteiger partial charge in [0.05, 0.1) is 81.3 Å². The normalized spacial score (nSPS) is 14.4. The molecule has 18 nitrogen and oxygen atoms in total. The zero-order valence-corrected chi connectivity index (χ0v) is 61.0. The predicted molar refractivity (Wildman–Crippen MR) is 396 cm³/mol. The first-order valence-electron chi connectivity index (χ1n) is 36.0. The molecule has 0 N–H and O–H groups in total. The first-order chi connectivity index (χ1) is 49.0. The summed E-state index contributed by atoms with van der Waals surface area (Å²) in [6, 6.07) is 22.0. The van der Waals surface area contributed by atoms with Crippen LogP contribution in [-0.2, 0) is 47.7 Å². The molecule has 0 radical (unpaired) electrons. The summed E-state index contributed by atoms with van der Waals surface area (Å²) >= 11 is 0. The molecule has 0 unspecified atom stereocenters. The van der Waals surface area contributed by atoms with E-state index in [-0.39, 0.29) is 36.7 Å². The Kier molecular flexibility index (Phi) is 39.8. The highest BCUT2D eigenvalue weighted by molar-refractivity contribution is 5.94. The molecule has 2 aliphatic rings. The van der Waals surface area contributed by atoms with Crippen LogP contribution in [0, 0.1) is 17.8 Å². The fourth-order valence-corrected chi connectivity index (χ4v) is 11.4. The van der Waals surface area contributed by atoms with E-state index in [9.17, 15) is 28.8 Å². The molecule has 6 rings (SSSR count). The van der Waals surface area contributed by atoms with E-state index in [4.69, 9.17) is 56.8 Å². The van der Waals surface area contributed by atoms with Crippen molar-refractivity contribution >= 4 is 59.7 Å². The van der Waals surface area contributed by atoms with Gasteiger partial charge in [-0.2, -0.15) is 0 Å². The monoisotopic (exact) mass is 1390 g/mol. The van der Waals surface area contributed by atoms with E-state index in [0.717, 1.165) is 92.4 Å². The molecule has 0 heterocycles. The summed E-state index contributed by atoms with van der Waals surface area (Å²) in [5.74, 6) is 5.65. The average Bonchev–Trinajstić information content (AvgIpc) is 1.34. The molecule has 0 amide bonds. The van der Waals surface area contributed by atoms with E-state index in [1.807, 2.05) is 72.8 Å². The molecule has 550 valence electrons. The number of unbranched alkanes of at least 4 members (excludes halogenated alkanes) is 6. The van der Waals surface area contributed by atoms with Crippen LogP contribution < -0.4 is 37.9 Å². The Balaban J connectivity index is 0.000000364. The molecular formula is C83H110O18. The number of ketones is 2. The maximum Gasteiger partial charge on any atom is 0.333 e. The second-order valence-electron chi connectivity index (χ2n) is 25.5. The minimum Gasteiger partial charge on any atom is -0.493 e. The first kappa shape index (κ1) is 82.6. The lowest BCUT2D eigenvalue weighted by Gasteiger charge is -2.27. The molecule has 4 aromatic rings. The number of esters is 4. The van der Waals surface area contributed by atoms with Gasteiger partial charge in [-0.25, -0.2) is 19.2 Å². The maximum absolute atomic E-state index is 12.5. The van der Waals surface area contributed by atoms with Crippen molar-refractivity contribution in [2.24, 2.45) is 17.8 Å². The Morgan fingerprint density at radius 3 is 0.990 bits per heavy atom. The van der Waals surface area contributed by atoms with Crippen molar-refractivity contribution in [2.45, 2.75) is 168 Å². The predicted octanol–water partition coefficient (Wildman–Crippen LogP) is 17.7. The lowest BCUT2D eigenvalue weighted by Crippen LogP contribution is -2.14. The number of benzene rings is 4. The summed E-state index contributed by atoms with van der Waals surface area (Å²) < 4.78 is 66.3. The van der Waals surface area contributed by atoms with Crippen molar-refractivity contribution in [1.82, 2.24) is 0 Å². The quantitative estimate of drug-likeness (QED) is 0.0174. The molecule has 0 saturated heterocycles. The highest BCUT2D eigenvalue weighted by Gasteiger charge is 2.21. The maximum atomic E-state index is 12.5. The van der Waals surface area contributed by atoms with Gasteiger partial charge in [0.25, 0.3) is 0 Å². The van der Waals surface area contributed by atoms with Crippen LogP contribution >= 0.6 is 0 Å². The number of hydrogen-bond donors (Lipinski definition) is 0. The number of carbonyl (C=O) groups is 6. The third-order valence-corrected chi connectivity index (χ3v) is 17.5. The number of ether oxygens (including phenoxy) is 12. The molecule has 0 atom stereocenters. The molecule has 101 heavy (non-hydrogen) atoms. The average molecular weight is 1400 g/mol. The van der Waals surface area contributed by atoms with Crippen LogP contribution in [0.25, 0.3) is 24.3 Å². The molecule has 0 aliphatic heterocycles. The number of carbonyl (C=O) groups excluding carboxylic acids is 6. The van der Waals surface area contributed by atoms with Gasteiger partial charge < -0.3 is 56.8 Å². The fraction of sp³-hybridized carbons (Fsp3) is 0.494. The van der Waals surface area contributed by atoms with Crippen LogP contribution in [0.15, 0.2) is 121 Å². The Hall–Kier alpha value is -9.06. The zero-order valence-electron chi connectivity index (χ0n) is 61.0. The molecule has 2 fully saturated rings. The van der Waals surface area contributed by atoms with E-state index >= 15 is 0 Å². The lowest BCUT2D eigenvalue weighted by molar-refractivity contribution is -0.139. The van der Waals surface area contributed by atoms with Gasteiger partial charge in [0, 0.05) is 49.0 Å². The molecule has 0 spiro atoms. The van der Waals surface area contributed by atoms with Gasteiger partial charge in [-0.3, -0.25) is 9.59 Å². The zero-order chi connectivity index (χ0) is 72.8. The number of rotatable bonds is 47. The van der Waals surface area contributed by atoms with Crippen LogP contribution in [-0.4, -0.2) is 117 Å². The van der Waals surface area contributed by atoms with Gasteiger partial charge in [-0.05, 0) is 191 Å². The minimum absolute atomic E-state index is 0.149. The Labute approximate surface area is 599 Å². The molecule has 2 saturated carbocycles.